The monoisotopic (exact) mass is 277 g/mol. The molecule has 104 valence electrons. The molecule has 2 aromatic rings. The van der Waals surface area contributed by atoms with Crippen LogP contribution < -0.4 is 5.32 Å². The van der Waals surface area contributed by atoms with Gasteiger partial charge in [-0.2, -0.15) is 0 Å². The summed E-state index contributed by atoms with van der Waals surface area (Å²) >= 11 is 1.77. The van der Waals surface area contributed by atoms with Crippen molar-refractivity contribution >= 4 is 16.3 Å². The van der Waals surface area contributed by atoms with Crippen molar-refractivity contribution in [2.45, 2.75) is 59.0 Å². The van der Waals surface area contributed by atoms with Crippen LogP contribution in [0.5, 0.6) is 0 Å². The Balaban J connectivity index is 1.70. The highest BCUT2D eigenvalue weighted by Crippen LogP contribution is 2.34. The smallest absolute Gasteiger partial charge is 0.194 e. The van der Waals surface area contributed by atoms with Crippen molar-refractivity contribution in [2.24, 2.45) is 5.92 Å². The fraction of sp³-hybridized carbons (Fsp3) is 0.667. The van der Waals surface area contributed by atoms with E-state index in [4.69, 9.17) is 0 Å². The SMILES string of the molecule is CCC(CC1CC1)NCc1c(C)nc2sc(C)cn12. The van der Waals surface area contributed by atoms with E-state index in [9.17, 15) is 0 Å². The van der Waals surface area contributed by atoms with Crippen molar-refractivity contribution in [1.29, 1.82) is 0 Å². The molecule has 0 aliphatic heterocycles. The van der Waals surface area contributed by atoms with Gasteiger partial charge < -0.3 is 5.32 Å². The molecule has 1 aliphatic rings. The maximum atomic E-state index is 4.65. The Bertz CT molecular complexity index is 565. The van der Waals surface area contributed by atoms with Gasteiger partial charge in [-0.3, -0.25) is 4.40 Å². The van der Waals surface area contributed by atoms with Gasteiger partial charge in [0, 0.05) is 23.7 Å². The van der Waals surface area contributed by atoms with Crippen molar-refractivity contribution in [3.8, 4) is 0 Å². The minimum absolute atomic E-state index is 0.664. The van der Waals surface area contributed by atoms with E-state index in [1.54, 1.807) is 11.3 Å². The third-order valence-corrected chi connectivity index (χ3v) is 5.00. The highest BCUT2D eigenvalue weighted by atomic mass is 32.1. The summed E-state index contributed by atoms with van der Waals surface area (Å²) in [6.07, 6.45) is 7.66. The quantitative estimate of drug-likeness (QED) is 0.872. The van der Waals surface area contributed by atoms with Crippen LogP contribution in [0.4, 0.5) is 0 Å². The average molecular weight is 277 g/mol. The van der Waals surface area contributed by atoms with E-state index in [1.165, 1.54) is 41.9 Å². The molecule has 2 heterocycles. The lowest BCUT2D eigenvalue weighted by atomic mass is 10.1. The number of rotatable bonds is 6. The number of fused-ring (bicyclic) bond motifs is 1. The minimum atomic E-state index is 0.664. The molecule has 1 atom stereocenters. The zero-order chi connectivity index (χ0) is 13.4. The second kappa shape index (κ2) is 5.25. The minimum Gasteiger partial charge on any atom is -0.308 e. The molecule has 1 aliphatic carbocycles. The normalized spacial score (nSPS) is 17.2. The van der Waals surface area contributed by atoms with Gasteiger partial charge in [-0.05, 0) is 32.6 Å². The summed E-state index contributed by atoms with van der Waals surface area (Å²) in [6.45, 7) is 7.49. The number of imidazole rings is 1. The van der Waals surface area contributed by atoms with E-state index in [1.807, 2.05) is 0 Å². The van der Waals surface area contributed by atoms with Gasteiger partial charge >= 0.3 is 0 Å². The molecule has 0 aromatic carbocycles. The zero-order valence-corrected chi connectivity index (χ0v) is 12.9. The molecule has 2 aromatic heterocycles. The van der Waals surface area contributed by atoms with Crippen LogP contribution in [-0.4, -0.2) is 15.4 Å². The van der Waals surface area contributed by atoms with Crippen molar-refractivity contribution < 1.29 is 0 Å². The molecule has 0 amide bonds. The fourth-order valence-corrected chi connectivity index (χ4v) is 3.60. The van der Waals surface area contributed by atoms with Crippen LogP contribution in [0.15, 0.2) is 6.20 Å². The first-order chi connectivity index (χ1) is 9.17. The van der Waals surface area contributed by atoms with Gasteiger partial charge in [-0.1, -0.05) is 19.8 Å². The van der Waals surface area contributed by atoms with Gasteiger partial charge in [-0.15, -0.1) is 11.3 Å². The molecule has 3 rings (SSSR count). The van der Waals surface area contributed by atoms with Crippen LogP contribution in [0.1, 0.15) is 48.9 Å². The van der Waals surface area contributed by atoms with E-state index in [0.29, 0.717) is 6.04 Å². The Hall–Kier alpha value is -0.870. The number of hydrogen-bond donors (Lipinski definition) is 1. The number of hydrogen-bond acceptors (Lipinski definition) is 3. The Morgan fingerprint density at radius 3 is 2.95 bits per heavy atom. The lowest BCUT2D eigenvalue weighted by Crippen LogP contribution is -2.29. The van der Waals surface area contributed by atoms with Crippen LogP contribution in [0.25, 0.3) is 4.96 Å². The molecule has 1 unspecified atom stereocenters. The van der Waals surface area contributed by atoms with Crippen LogP contribution in [0.2, 0.25) is 0 Å². The second-order valence-electron chi connectivity index (χ2n) is 5.80. The van der Waals surface area contributed by atoms with Gasteiger partial charge in [0.25, 0.3) is 0 Å². The number of thiazole rings is 1. The summed E-state index contributed by atoms with van der Waals surface area (Å²) in [6, 6.07) is 0.664. The van der Waals surface area contributed by atoms with Crippen LogP contribution in [-0.2, 0) is 6.54 Å². The standard InChI is InChI=1S/C15H23N3S/c1-4-13(7-12-5-6-12)16-8-14-11(3)17-15-18(14)9-10(2)19-15/h9,12-13,16H,4-8H2,1-3H3. The molecule has 1 saturated carbocycles. The molecule has 19 heavy (non-hydrogen) atoms. The van der Waals surface area contributed by atoms with Crippen molar-refractivity contribution in [1.82, 2.24) is 14.7 Å². The van der Waals surface area contributed by atoms with E-state index in [0.717, 1.165) is 17.4 Å². The summed E-state index contributed by atoms with van der Waals surface area (Å²) in [7, 11) is 0. The lowest BCUT2D eigenvalue weighted by molar-refractivity contribution is 0.441. The summed E-state index contributed by atoms with van der Waals surface area (Å²) in [5.41, 5.74) is 2.49. The predicted molar refractivity (Wildman–Crippen MR) is 80.8 cm³/mol. The second-order valence-corrected chi connectivity index (χ2v) is 7.02. The first-order valence-electron chi connectivity index (χ1n) is 7.34. The van der Waals surface area contributed by atoms with Crippen LogP contribution in [0, 0.1) is 19.8 Å². The van der Waals surface area contributed by atoms with Crippen molar-refractivity contribution in [3.63, 3.8) is 0 Å². The van der Waals surface area contributed by atoms with E-state index >= 15 is 0 Å². The Labute approximate surface area is 119 Å². The predicted octanol–water partition coefficient (Wildman–Crippen LogP) is 3.68. The third-order valence-electron chi connectivity index (χ3n) is 4.11. The Morgan fingerprint density at radius 1 is 1.47 bits per heavy atom. The number of nitrogens with one attached hydrogen (secondary N) is 1. The number of nitrogens with zero attached hydrogens (tertiary/aromatic N) is 2. The molecule has 4 heteroatoms. The Kier molecular flexibility index (Phi) is 3.63. The molecular weight excluding hydrogens is 254 g/mol. The molecule has 0 saturated heterocycles. The van der Waals surface area contributed by atoms with Gasteiger partial charge in [-0.25, -0.2) is 4.98 Å². The van der Waals surface area contributed by atoms with Gasteiger partial charge in [0.15, 0.2) is 4.96 Å². The molecule has 1 fully saturated rings. The average Bonchev–Trinajstić information content (AvgIpc) is 3.05. The number of aryl methyl sites for hydroxylation is 2. The molecule has 1 N–H and O–H groups in total. The third kappa shape index (κ3) is 2.84. The first kappa shape index (κ1) is 13.1. The van der Waals surface area contributed by atoms with E-state index < -0.39 is 0 Å². The molecule has 3 nitrogen and oxygen atoms in total. The Morgan fingerprint density at radius 2 is 2.26 bits per heavy atom. The summed E-state index contributed by atoms with van der Waals surface area (Å²) < 4.78 is 2.26. The topological polar surface area (TPSA) is 29.3 Å². The van der Waals surface area contributed by atoms with E-state index in [2.05, 4.69) is 41.7 Å². The highest BCUT2D eigenvalue weighted by Gasteiger charge is 2.24. The van der Waals surface area contributed by atoms with Crippen LogP contribution >= 0.6 is 11.3 Å². The van der Waals surface area contributed by atoms with Gasteiger partial charge in [0.1, 0.15) is 0 Å². The number of aromatic nitrogens is 2. The molecule has 0 spiro atoms. The maximum absolute atomic E-state index is 4.65. The van der Waals surface area contributed by atoms with Gasteiger partial charge in [0.05, 0.1) is 11.4 Å². The highest BCUT2D eigenvalue weighted by molar-refractivity contribution is 7.17. The molecule has 0 radical (unpaired) electrons. The summed E-state index contributed by atoms with van der Waals surface area (Å²) in [4.78, 5) is 7.11. The molecular formula is C15H23N3S. The van der Waals surface area contributed by atoms with Gasteiger partial charge in [0.2, 0.25) is 0 Å². The summed E-state index contributed by atoms with van der Waals surface area (Å²) in [5, 5.41) is 3.73. The lowest BCUT2D eigenvalue weighted by Gasteiger charge is -2.16. The molecule has 0 bridgehead atoms. The van der Waals surface area contributed by atoms with E-state index in [-0.39, 0.29) is 0 Å². The van der Waals surface area contributed by atoms with Crippen molar-refractivity contribution in [3.05, 3.63) is 22.5 Å². The van der Waals surface area contributed by atoms with Crippen LogP contribution in [0.3, 0.4) is 0 Å². The fourth-order valence-electron chi connectivity index (χ4n) is 2.71. The maximum Gasteiger partial charge on any atom is 0.194 e. The van der Waals surface area contributed by atoms with Crippen molar-refractivity contribution in [2.75, 3.05) is 0 Å². The zero-order valence-electron chi connectivity index (χ0n) is 12.1. The first-order valence-corrected chi connectivity index (χ1v) is 8.16. The summed E-state index contributed by atoms with van der Waals surface area (Å²) in [5.74, 6) is 0.993. The largest absolute Gasteiger partial charge is 0.308 e.